The first-order valence-corrected chi connectivity index (χ1v) is 6.90. The number of rotatable bonds is 6. The summed E-state index contributed by atoms with van der Waals surface area (Å²) < 4.78 is 0. The van der Waals surface area contributed by atoms with Crippen LogP contribution in [0.15, 0.2) is 0 Å². The third-order valence-electron chi connectivity index (χ3n) is 3.03. The van der Waals surface area contributed by atoms with Crippen LogP contribution in [0.1, 0.15) is 48.0 Å². The van der Waals surface area contributed by atoms with Gasteiger partial charge in [0.1, 0.15) is 0 Å². The van der Waals surface area contributed by atoms with E-state index in [9.17, 15) is 9.59 Å². The summed E-state index contributed by atoms with van der Waals surface area (Å²) in [6.45, 7) is 12.3. The third-order valence-corrected chi connectivity index (χ3v) is 3.03. The molecule has 0 spiro atoms. The molecule has 0 saturated carbocycles. The van der Waals surface area contributed by atoms with E-state index in [1.165, 1.54) is 0 Å². The maximum Gasteiger partial charge on any atom is 0.239 e. The van der Waals surface area contributed by atoms with Crippen molar-refractivity contribution >= 4 is 11.8 Å². The van der Waals surface area contributed by atoms with Crippen molar-refractivity contribution in [1.29, 1.82) is 0 Å². The van der Waals surface area contributed by atoms with E-state index < -0.39 is 0 Å². The average Bonchev–Trinajstić information content (AvgIpc) is 2.23. The molecule has 3 N–H and O–H groups in total. The second-order valence-electron chi connectivity index (χ2n) is 6.31. The maximum absolute atomic E-state index is 12.1. The zero-order chi connectivity index (χ0) is 15.2. The van der Waals surface area contributed by atoms with Gasteiger partial charge < -0.3 is 16.0 Å². The lowest BCUT2D eigenvalue weighted by molar-refractivity contribution is -0.136. The molecular weight excluding hydrogens is 242 g/mol. The predicted octanol–water partition coefficient (Wildman–Crippen LogP) is 1.12. The summed E-state index contributed by atoms with van der Waals surface area (Å²) in [7, 11) is 0. The van der Waals surface area contributed by atoms with Crippen molar-refractivity contribution in [2.45, 2.75) is 60.0 Å². The van der Waals surface area contributed by atoms with E-state index in [0.717, 1.165) is 0 Å². The van der Waals surface area contributed by atoms with E-state index in [-0.39, 0.29) is 42.3 Å². The van der Waals surface area contributed by atoms with Crippen molar-refractivity contribution < 1.29 is 9.59 Å². The lowest BCUT2D eigenvalue weighted by Gasteiger charge is -2.29. The minimum atomic E-state index is -0.206. The highest BCUT2D eigenvalue weighted by molar-refractivity contribution is 5.85. The molecule has 112 valence electrons. The minimum Gasteiger partial charge on any atom is -0.352 e. The quantitative estimate of drug-likeness (QED) is 0.760. The van der Waals surface area contributed by atoms with E-state index in [1.807, 2.05) is 41.5 Å². The molecule has 0 rings (SSSR count). The molecule has 5 nitrogen and oxygen atoms in total. The van der Waals surface area contributed by atoms with Crippen molar-refractivity contribution in [3.63, 3.8) is 0 Å². The Morgan fingerprint density at radius 1 is 1.26 bits per heavy atom. The van der Waals surface area contributed by atoms with Crippen LogP contribution >= 0.6 is 0 Å². The summed E-state index contributed by atoms with van der Waals surface area (Å²) in [6.07, 6.45) is 0.270. The molecule has 0 aliphatic rings. The van der Waals surface area contributed by atoms with Gasteiger partial charge in [-0.05, 0) is 26.2 Å². The van der Waals surface area contributed by atoms with Crippen LogP contribution in [0.25, 0.3) is 0 Å². The van der Waals surface area contributed by atoms with Crippen LogP contribution < -0.4 is 11.1 Å². The fraction of sp³-hybridized carbons (Fsp3) is 0.857. The molecule has 0 heterocycles. The molecule has 0 saturated heterocycles. The van der Waals surface area contributed by atoms with Gasteiger partial charge in [0.05, 0.1) is 6.54 Å². The topological polar surface area (TPSA) is 75.4 Å². The molecular formula is C14H29N3O2. The largest absolute Gasteiger partial charge is 0.352 e. The van der Waals surface area contributed by atoms with Crippen molar-refractivity contribution in [3.8, 4) is 0 Å². The van der Waals surface area contributed by atoms with Crippen LogP contribution in [0.5, 0.6) is 0 Å². The number of amides is 2. The SMILES string of the molecule is CCN(CC(=O)NC(C)C)C(=O)CC(N)C(C)(C)C. The van der Waals surface area contributed by atoms with Crippen molar-refractivity contribution in [3.05, 3.63) is 0 Å². The number of hydrogen-bond acceptors (Lipinski definition) is 3. The van der Waals surface area contributed by atoms with Gasteiger partial charge in [-0.2, -0.15) is 0 Å². The number of carbonyl (C=O) groups is 2. The fourth-order valence-corrected chi connectivity index (χ4v) is 1.54. The van der Waals surface area contributed by atoms with Gasteiger partial charge in [0.25, 0.3) is 0 Å². The van der Waals surface area contributed by atoms with E-state index in [4.69, 9.17) is 5.73 Å². The first kappa shape index (κ1) is 17.9. The molecule has 0 fully saturated rings. The standard InChI is InChI=1S/C14H29N3O2/c1-7-17(9-12(18)16-10(2)3)13(19)8-11(15)14(4,5)6/h10-11H,7-9,15H2,1-6H3,(H,16,18). The number of nitrogens with one attached hydrogen (secondary N) is 1. The first-order valence-electron chi connectivity index (χ1n) is 6.90. The van der Waals surface area contributed by atoms with Gasteiger partial charge in [0.2, 0.25) is 11.8 Å². The number of nitrogens with two attached hydrogens (primary N) is 1. The number of carbonyl (C=O) groups excluding carboxylic acids is 2. The summed E-state index contributed by atoms with van der Waals surface area (Å²) in [5.74, 6) is -0.196. The molecule has 0 aromatic rings. The van der Waals surface area contributed by atoms with Crippen LogP contribution in [0, 0.1) is 5.41 Å². The van der Waals surface area contributed by atoms with Crippen LogP contribution in [-0.4, -0.2) is 41.9 Å². The van der Waals surface area contributed by atoms with Crippen molar-refractivity contribution in [2.75, 3.05) is 13.1 Å². The molecule has 0 aromatic heterocycles. The van der Waals surface area contributed by atoms with Gasteiger partial charge in [-0.25, -0.2) is 0 Å². The summed E-state index contributed by atoms with van der Waals surface area (Å²) in [6, 6.07) is -0.125. The lowest BCUT2D eigenvalue weighted by atomic mass is 9.85. The zero-order valence-corrected chi connectivity index (χ0v) is 13.1. The van der Waals surface area contributed by atoms with Gasteiger partial charge in [0, 0.05) is 25.0 Å². The summed E-state index contributed by atoms with van der Waals surface area (Å²) >= 11 is 0. The smallest absolute Gasteiger partial charge is 0.239 e. The van der Waals surface area contributed by atoms with E-state index in [1.54, 1.807) is 4.90 Å². The molecule has 0 aliphatic carbocycles. The second-order valence-corrected chi connectivity index (χ2v) is 6.31. The Morgan fingerprint density at radius 3 is 2.16 bits per heavy atom. The normalized spacial score (nSPS) is 13.3. The number of nitrogens with zero attached hydrogens (tertiary/aromatic N) is 1. The fourth-order valence-electron chi connectivity index (χ4n) is 1.54. The van der Waals surface area contributed by atoms with E-state index >= 15 is 0 Å². The second kappa shape index (κ2) is 7.48. The molecule has 2 amide bonds. The highest BCUT2D eigenvalue weighted by Gasteiger charge is 2.25. The highest BCUT2D eigenvalue weighted by Crippen LogP contribution is 2.20. The van der Waals surface area contributed by atoms with Gasteiger partial charge in [-0.1, -0.05) is 20.8 Å². The Labute approximate surface area is 116 Å². The highest BCUT2D eigenvalue weighted by atomic mass is 16.2. The minimum absolute atomic E-state index is 0.0659. The Hall–Kier alpha value is -1.10. The average molecular weight is 271 g/mol. The van der Waals surface area contributed by atoms with Crippen molar-refractivity contribution in [1.82, 2.24) is 10.2 Å². The van der Waals surface area contributed by atoms with Gasteiger partial charge in [0.15, 0.2) is 0 Å². The Morgan fingerprint density at radius 2 is 1.79 bits per heavy atom. The van der Waals surface area contributed by atoms with Crippen LogP contribution in [-0.2, 0) is 9.59 Å². The lowest BCUT2D eigenvalue weighted by Crippen LogP contribution is -2.46. The Kier molecular flexibility index (Phi) is 7.05. The molecule has 19 heavy (non-hydrogen) atoms. The molecule has 1 unspecified atom stereocenters. The molecule has 0 bridgehead atoms. The summed E-state index contributed by atoms with van der Waals surface area (Å²) in [5, 5.41) is 2.78. The van der Waals surface area contributed by atoms with Crippen LogP contribution in [0.2, 0.25) is 0 Å². The Bertz CT molecular complexity index is 308. The molecule has 5 heteroatoms. The predicted molar refractivity (Wildman–Crippen MR) is 77.6 cm³/mol. The summed E-state index contributed by atoms with van der Waals surface area (Å²) in [4.78, 5) is 25.3. The molecule has 0 aromatic carbocycles. The number of likely N-dealkylation sites (N-methyl/N-ethyl adjacent to an activating group) is 1. The van der Waals surface area contributed by atoms with Gasteiger partial charge in [-0.15, -0.1) is 0 Å². The monoisotopic (exact) mass is 271 g/mol. The van der Waals surface area contributed by atoms with Crippen LogP contribution in [0.4, 0.5) is 0 Å². The van der Waals surface area contributed by atoms with Gasteiger partial charge in [-0.3, -0.25) is 9.59 Å². The maximum atomic E-state index is 12.1. The molecule has 0 radical (unpaired) electrons. The van der Waals surface area contributed by atoms with Gasteiger partial charge >= 0.3 is 0 Å². The first-order chi connectivity index (χ1) is 8.57. The Balaban J connectivity index is 4.45. The molecule has 1 atom stereocenters. The zero-order valence-electron chi connectivity index (χ0n) is 13.1. The molecule has 0 aliphatic heterocycles. The third kappa shape index (κ3) is 7.15. The van der Waals surface area contributed by atoms with Crippen molar-refractivity contribution in [2.24, 2.45) is 11.1 Å². The van der Waals surface area contributed by atoms with E-state index in [2.05, 4.69) is 5.32 Å². The van der Waals surface area contributed by atoms with E-state index in [0.29, 0.717) is 6.54 Å². The number of hydrogen-bond donors (Lipinski definition) is 2. The summed E-state index contributed by atoms with van der Waals surface area (Å²) in [5.41, 5.74) is 5.89. The van der Waals surface area contributed by atoms with Crippen LogP contribution in [0.3, 0.4) is 0 Å².